The zero-order valence-electron chi connectivity index (χ0n) is 20.8. The maximum absolute atomic E-state index is 12.6. The van der Waals surface area contributed by atoms with Gasteiger partial charge in [0, 0.05) is 23.2 Å². The van der Waals surface area contributed by atoms with E-state index < -0.39 is 24.0 Å². The Morgan fingerprint density at radius 2 is 1.88 bits per heavy atom. The molecule has 0 radical (unpaired) electrons. The molecule has 2 N–H and O–H groups in total. The van der Waals surface area contributed by atoms with Crippen molar-refractivity contribution in [3.8, 4) is 0 Å². The molecule has 0 bridgehead atoms. The lowest BCUT2D eigenvalue weighted by molar-refractivity contribution is -0.193. The number of amides is 2. The van der Waals surface area contributed by atoms with E-state index in [1.807, 2.05) is 0 Å². The number of carbonyl (C=O) groups is 4. The number of alkyl halides is 3. The molecule has 2 aromatic carbocycles. The van der Waals surface area contributed by atoms with Crippen molar-refractivity contribution >= 4 is 80.6 Å². The molecule has 5 rings (SSSR count). The van der Waals surface area contributed by atoms with Gasteiger partial charge in [0.1, 0.15) is 0 Å². The number of thioether (sulfide) groups is 1. The third-order valence-corrected chi connectivity index (χ3v) is 7.46. The van der Waals surface area contributed by atoms with E-state index >= 15 is 0 Å². The Labute approximate surface area is 239 Å². The summed E-state index contributed by atoms with van der Waals surface area (Å²) in [5, 5.41) is 6.83. The Hall–Kier alpha value is -4.23. The normalized spacial score (nSPS) is 16.3. The fourth-order valence-electron chi connectivity index (χ4n) is 3.90. The van der Waals surface area contributed by atoms with Crippen molar-refractivity contribution in [2.24, 2.45) is 10.9 Å². The Morgan fingerprint density at radius 1 is 1.10 bits per heavy atom. The number of benzene rings is 2. The van der Waals surface area contributed by atoms with Gasteiger partial charge in [0.25, 0.3) is 5.91 Å². The van der Waals surface area contributed by atoms with Crippen LogP contribution in [0.4, 0.5) is 24.5 Å². The molecule has 1 aromatic heterocycles. The molecule has 2 aliphatic rings. The van der Waals surface area contributed by atoms with Crippen molar-refractivity contribution in [3.63, 3.8) is 0 Å². The average molecular weight is 603 g/mol. The molecule has 3 aromatic rings. The maximum atomic E-state index is 12.6. The summed E-state index contributed by atoms with van der Waals surface area (Å²) in [6.45, 7) is 0. The fourth-order valence-corrected chi connectivity index (χ4v) is 4.89. The first-order valence-electron chi connectivity index (χ1n) is 12.1. The molecule has 14 heteroatoms. The molecule has 1 aliphatic heterocycles. The smallest absolute Gasteiger partial charge is 0.383 e. The predicted molar refractivity (Wildman–Crippen MR) is 147 cm³/mol. The van der Waals surface area contributed by atoms with Crippen molar-refractivity contribution < 1.29 is 37.1 Å². The molecule has 0 spiro atoms. The van der Waals surface area contributed by atoms with Crippen molar-refractivity contribution in [3.05, 3.63) is 69.7 Å². The van der Waals surface area contributed by atoms with E-state index in [2.05, 4.69) is 25.3 Å². The molecular weight excluding hydrogens is 585 g/mol. The minimum Gasteiger partial charge on any atom is -0.383 e. The fraction of sp³-hybridized carbons (Fsp3) is 0.185. The number of pyridine rings is 1. The van der Waals surface area contributed by atoms with E-state index in [0.29, 0.717) is 32.9 Å². The van der Waals surface area contributed by atoms with Crippen LogP contribution in [0.25, 0.3) is 17.0 Å². The van der Waals surface area contributed by atoms with Gasteiger partial charge in [-0.3, -0.25) is 14.6 Å². The van der Waals surface area contributed by atoms with Crippen LogP contribution >= 0.6 is 23.4 Å². The number of halogens is 4. The van der Waals surface area contributed by atoms with E-state index in [-0.39, 0.29) is 27.5 Å². The van der Waals surface area contributed by atoms with Gasteiger partial charge in [-0.25, -0.2) is 9.59 Å². The summed E-state index contributed by atoms with van der Waals surface area (Å²) in [7, 11) is 0. The second-order valence-electron chi connectivity index (χ2n) is 9.12. The van der Waals surface area contributed by atoms with E-state index in [0.717, 1.165) is 37.2 Å². The second-order valence-corrected chi connectivity index (χ2v) is 10.6. The number of anilines is 2. The zero-order chi connectivity index (χ0) is 29.3. The third-order valence-electron chi connectivity index (χ3n) is 6.23. The van der Waals surface area contributed by atoms with Gasteiger partial charge in [-0.15, -0.1) is 0 Å². The van der Waals surface area contributed by atoms with Gasteiger partial charge >= 0.3 is 18.1 Å². The van der Waals surface area contributed by atoms with Crippen molar-refractivity contribution in [1.82, 2.24) is 4.98 Å². The predicted octanol–water partition coefficient (Wildman–Crippen LogP) is 5.95. The number of aromatic nitrogens is 1. The summed E-state index contributed by atoms with van der Waals surface area (Å²) in [5.74, 6) is -4.70. The van der Waals surface area contributed by atoms with Crippen LogP contribution in [0.5, 0.6) is 0 Å². The standard InChI is InChI=1S/C27H18ClF3N4O5S/c28-18-6-5-17(33-22(36)14-2-1-3-14)11-20(18)34-26-35-23(37)21(41-26)9-13-4-7-19-15(8-13)10-16(12-32-19)24(38)40-25(39)27(29,30)31/h4-12,14H,1-3H2,(H,33,36)(H,34,35,37). The van der Waals surface area contributed by atoms with E-state index in [9.17, 15) is 32.3 Å². The van der Waals surface area contributed by atoms with Crippen molar-refractivity contribution in [2.75, 3.05) is 10.6 Å². The summed E-state index contributed by atoms with van der Waals surface area (Å²) in [5.41, 5.74) is 1.56. The van der Waals surface area contributed by atoms with Crippen LogP contribution in [0.2, 0.25) is 5.02 Å². The number of fused-ring (bicyclic) bond motifs is 1. The number of carbonyl (C=O) groups excluding carboxylic acids is 4. The van der Waals surface area contributed by atoms with Gasteiger partial charge < -0.3 is 15.4 Å². The molecule has 1 saturated carbocycles. The van der Waals surface area contributed by atoms with Gasteiger partial charge in [-0.2, -0.15) is 18.2 Å². The molecule has 41 heavy (non-hydrogen) atoms. The SMILES string of the molecule is O=C1N=C(Nc2cc(NC(=O)C3CCC3)ccc2Cl)SC1=Cc1ccc2ncc(C(=O)OC(=O)C(F)(F)F)cc2c1. The van der Waals surface area contributed by atoms with Gasteiger partial charge in [0.15, 0.2) is 5.17 Å². The highest BCUT2D eigenvalue weighted by atomic mass is 35.5. The van der Waals surface area contributed by atoms with Crippen LogP contribution in [-0.4, -0.2) is 40.1 Å². The first-order chi connectivity index (χ1) is 19.5. The molecule has 0 unspecified atom stereocenters. The van der Waals surface area contributed by atoms with E-state index in [1.54, 1.807) is 42.5 Å². The van der Waals surface area contributed by atoms with Crippen LogP contribution in [0.1, 0.15) is 35.2 Å². The van der Waals surface area contributed by atoms with Crippen LogP contribution in [0.3, 0.4) is 0 Å². The summed E-state index contributed by atoms with van der Waals surface area (Å²) in [4.78, 5) is 56.1. The van der Waals surface area contributed by atoms with Crippen LogP contribution in [0, 0.1) is 5.92 Å². The van der Waals surface area contributed by atoms with Gasteiger partial charge in [0.2, 0.25) is 5.91 Å². The number of hydrogen-bond donors (Lipinski definition) is 2. The third kappa shape index (κ3) is 6.57. The van der Waals surface area contributed by atoms with Crippen molar-refractivity contribution in [1.29, 1.82) is 0 Å². The van der Waals surface area contributed by atoms with Crippen LogP contribution in [0.15, 0.2) is 58.6 Å². The number of amidine groups is 1. The van der Waals surface area contributed by atoms with Gasteiger partial charge in [0.05, 0.1) is 26.7 Å². The topological polar surface area (TPSA) is 127 Å². The minimum atomic E-state index is -5.32. The molecular formula is C27H18ClF3N4O5S. The minimum absolute atomic E-state index is 0.00653. The first-order valence-corrected chi connectivity index (χ1v) is 13.3. The molecule has 210 valence electrons. The number of nitrogens with zero attached hydrogens (tertiary/aromatic N) is 2. The lowest BCUT2D eigenvalue weighted by atomic mass is 9.85. The lowest BCUT2D eigenvalue weighted by Gasteiger charge is -2.24. The summed E-state index contributed by atoms with van der Waals surface area (Å²) in [6.07, 6.45) is -0.0296. The summed E-state index contributed by atoms with van der Waals surface area (Å²) < 4.78 is 41.1. The number of nitrogens with one attached hydrogen (secondary N) is 2. The number of rotatable bonds is 5. The van der Waals surface area contributed by atoms with E-state index in [4.69, 9.17) is 11.6 Å². The number of hydrogen-bond acceptors (Lipinski definition) is 8. The number of aliphatic imine (C=N–C) groups is 1. The average Bonchev–Trinajstić information content (AvgIpc) is 3.22. The molecule has 9 nitrogen and oxygen atoms in total. The van der Waals surface area contributed by atoms with Gasteiger partial charge in [-0.1, -0.05) is 24.1 Å². The molecule has 0 saturated heterocycles. The van der Waals surface area contributed by atoms with Crippen molar-refractivity contribution in [2.45, 2.75) is 25.4 Å². The zero-order valence-corrected chi connectivity index (χ0v) is 22.3. The monoisotopic (exact) mass is 602 g/mol. The first kappa shape index (κ1) is 28.3. The lowest BCUT2D eigenvalue weighted by Crippen LogP contribution is -2.28. The molecule has 2 heterocycles. The summed E-state index contributed by atoms with van der Waals surface area (Å²) in [6, 6.07) is 11.0. The Kier molecular flexibility index (Phi) is 7.82. The Morgan fingerprint density at radius 3 is 2.59 bits per heavy atom. The highest BCUT2D eigenvalue weighted by Gasteiger charge is 2.42. The van der Waals surface area contributed by atoms with Crippen LogP contribution in [-0.2, 0) is 19.1 Å². The highest BCUT2D eigenvalue weighted by molar-refractivity contribution is 8.18. The Bertz CT molecular complexity index is 1670. The van der Waals surface area contributed by atoms with E-state index in [1.165, 1.54) is 6.07 Å². The summed E-state index contributed by atoms with van der Waals surface area (Å²) >= 11 is 7.35. The van der Waals surface area contributed by atoms with Crippen LogP contribution < -0.4 is 10.6 Å². The quantitative estimate of drug-likeness (QED) is 0.208. The highest BCUT2D eigenvalue weighted by Crippen LogP contribution is 2.34. The largest absolute Gasteiger partial charge is 0.491 e. The molecule has 1 fully saturated rings. The molecule has 2 amide bonds. The maximum Gasteiger partial charge on any atom is 0.491 e. The Balaban J connectivity index is 1.29. The number of esters is 2. The molecule has 0 atom stereocenters. The molecule has 1 aliphatic carbocycles. The number of ether oxygens (including phenoxy) is 1. The van der Waals surface area contributed by atoms with Gasteiger partial charge in [-0.05, 0) is 72.6 Å². The second kappa shape index (κ2) is 11.3.